The Balaban J connectivity index is 2.64. The van der Waals surface area contributed by atoms with Crippen molar-refractivity contribution in [3.8, 4) is 5.75 Å². The molecular weight excluding hydrogens is 312 g/mol. The lowest BCUT2D eigenvalue weighted by Gasteiger charge is -2.11. The minimum absolute atomic E-state index is 0.500. The molecule has 0 spiro atoms. The number of guanidine groups is 1. The summed E-state index contributed by atoms with van der Waals surface area (Å²) in [4.78, 5) is 4.29. The molecule has 1 aromatic rings. The Labute approximate surface area is 121 Å². The molecule has 6 nitrogen and oxygen atoms in total. The summed E-state index contributed by atoms with van der Waals surface area (Å²) in [6.45, 7) is 1.31. The van der Waals surface area contributed by atoms with Crippen LogP contribution in [-0.4, -0.2) is 33.3 Å². The van der Waals surface area contributed by atoms with Gasteiger partial charge in [0.25, 0.3) is 0 Å². The first-order chi connectivity index (χ1) is 9.21. The SMILES string of the molecule is COCCCN=C(NN)Nc1ccc(Br)c(OC)c1. The van der Waals surface area contributed by atoms with Crippen molar-refractivity contribution in [3.05, 3.63) is 22.7 Å². The molecule has 0 amide bonds. The predicted octanol–water partition coefficient (Wildman–Crippen LogP) is 1.73. The molecule has 0 fully saturated rings. The lowest BCUT2D eigenvalue weighted by molar-refractivity contribution is 0.197. The van der Waals surface area contributed by atoms with E-state index in [1.165, 1.54) is 0 Å². The zero-order chi connectivity index (χ0) is 14.1. The Morgan fingerprint density at radius 3 is 2.84 bits per heavy atom. The number of rotatable bonds is 6. The fourth-order valence-corrected chi connectivity index (χ4v) is 1.80. The summed E-state index contributed by atoms with van der Waals surface area (Å²) in [5.74, 6) is 6.66. The van der Waals surface area contributed by atoms with Gasteiger partial charge in [-0.05, 0) is 34.5 Å². The number of anilines is 1. The van der Waals surface area contributed by atoms with Gasteiger partial charge < -0.3 is 14.8 Å². The summed E-state index contributed by atoms with van der Waals surface area (Å²) in [5, 5.41) is 3.08. The number of hydrazine groups is 1. The Morgan fingerprint density at radius 1 is 1.42 bits per heavy atom. The Kier molecular flexibility index (Phi) is 7.24. The lowest BCUT2D eigenvalue weighted by atomic mass is 10.3. The maximum atomic E-state index is 5.42. The van der Waals surface area contributed by atoms with Gasteiger partial charge in [-0.2, -0.15) is 0 Å². The van der Waals surface area contributed by atoms with Crippen LogP contribution in [0.5, 0.6) is 5.75 Å². The molecule has 19 heavy (non-hydrogen) atoms. The maximum Gasteiger partial charge on any atom is 0.210 e. The van der Waals surface area contributed by atoms with Crippen LogP contribution in [0, 0.1) is 0 Å². The van der Waals surface area contributed by atoms with E-state index in [0.29, 0.717) is 19.1 Å². The summed E-state index contributed by atoms with van der Waals surface area (Å²) < 4.78 is 11.1. The molecule has 7 heteroatoms. The minimum Gasteiger partial charge on any atom is -0.495 e. The van der Waals surface area contributed by atoms with Gasteiger partial charge in [-0.1, -0.05) is 0 Å². The van der Waals surface area contributed by atoms with Gasteiger partial charge in [-0.3, -0.25) is 10.4 Å². The fraction of sp³-hybridized carbons (Fsp3) is 0.417. The van der Waals surface area contributed by atoms with Crippen molar-refractivity contribution in [2.24, 2.45) is 10.8 Å². The predicted molar refractivity (Wildman–Crippen MR) is 80.4 cm³/mol. The molecule has 0 saturated carbocycles. The van der Waals surface area contributed by atoms with Crippen LogP contribution in [0.25, 0.3) is 0 Å². The molecule has 0 aliphatic heterocycles. The molecule has 0 aliphatic rings. The van der Waals surface area contributed by atoms with E-state index in [1.54, 1.807) is 14.2 Å². The second kappa shape index (κ2) is 8.73. The van der Waals surface area contributed by atoms with E-state index in [0.717, 1.165) is 22.3 Å². The van der Waals surface area contributed by atoms with Crippen LogP contribution in [0.4, 0.5) is 5.69 Å². The number of benzene rings is 1. The molecule has 0 atom stereocenters. The van der Waals surface area contributed by atoms with Gasteiger partial charge in [-0.15, -0.1) is 0 Å². The van der Waals surface area contributed by atoms with Gasteiger partial charge in [0.1, 0.15) is 5.75 Å². The Bertz CT molecular complexity index is 426. The number of nitrogens with zero attached hydrogens (tertiary/aromatic N) is 1. The highest BCUT2D eigenvalue weighted by atomic mass is 79.9. The summed E-state index contributed by atoms with van der Waals surface area (Å²) in [6.07, 6.45) is 0.840. The first kappa shape index (κ1) is 15.7. The summed E-state index contributed by atoms with van der Waals surface area (Å²) in [6, 6.07) is 5.64. The molecule has 106 valence electrons. The zero-order valence-corrected chi connectivity index (χ0v) is 12.7. The second-order valence-electron chi connectivity index (χ2n) is 3.70. The molecule has 0 aromatic heterocycles. The number of ether oxygens (including phenoxy) is 2. The van der Waals surface area contributed by atoms with Crippen molar-refractivity contribution >= 4 is 27.6 Å². The standard InChI is InChI=1S/C12H19BrN4O2/c1-18-7-3-6-15-12(17-14)16-9-4-5-10(13)11(8-9)19-2/h4-5,8H,3,6-7,14H2,1-2H3,(H2,15,16,17). The summed E-state index contributed by atoms with van der Waals surface area (Å²) in [7, 11) is 3.28. The van der Waals surface area contributed by atoms with Crippen molar-refractivity contribution < 1.29 is 9.47 Å². The number of halogens is 1. The third-order valence-electron chi connectivity index (χ3n) is 2.33. The van der Waals surface area contributed by atoms with Crippen LogP contribution in [0.1, 0.15) is 6.42 Å². The molecule has 0 aliphatic carbocycles. The van der Waals surface area contributed by atoms with E-state index in [1.807, 2.05) is 18.2 Å². The van der Waals surface area contributed by atoms with Crippen molar-refractivity contribution in [1.82, 2.24) is 5.43 Å². The minimum atomic E-state index is 0.500. The molecule has 0 unspecified atom stereocenters. The number of methoxy groups -OCH3 is 2. The first-order valence-corrected chi connectivity index (χ1v) is 6.61. The number of hydrogen-bond acceptors (Lipinski definition) is 4. The van der Waals surface area contributed by atoms with Gasteiger partial charge in [0.2, 0.25) is 5.96 Å². The van der Waals surface area contributed by atoms with Crippen molar-refractivity contribution in [1.29, 1.82) is 0 Å². The van der Waals surface area contributed by atoms with Gasteiger partial charge in [0.05, 0.1) is 11.6 Å². The number of nitrogens with one attached hydrogen (secondary N) is 2. The molecule has 4 N–H and O–H groups in total. The smallest absolute Gasteiger partial charge is 0.210 e. The first-order valence-electron chi connectivity index (χ1n) is 5.81. The van der Waals surface area contributed by atoms with E-state index in [9.17, 15) is 0 Å². The van der Waals surface area contributed by atoms with Crippen molar-refractivity contribution in [2.45, 2.75) is 6.42 Å². The number of hydrogen-bond donors (Lipinski definition) is 3. The van der Waals surface area contributed by atoms with Gasteiger partial charge in [0.15, 0.2) is 0 Å². The fourth-order valence-electron chi connectivity index (χ4n) is 1.40. The highest BCUT2D eigenvalue weighted by Gasteiger charge is 2.03. The Morgan fingerprint density at radius 2 is 2.21 bits per heavy atom. The van der Waals surface area contributed by atoms with E-state index < -0.39 is 0 Å². The van der Waals surface area contributed by atoms with Crippen LogP contribution in [-0.2, 0) is 4.74 Å². The highest BCUT2D eigenvalue weighted by molar-refractivity contribution is 9.10. The summed E-state index contributed by atoms with van der Waals surface area (Å²) in [5.41, 5.74) is 3.36. The third kappa shape index (κ3) is 5.46. The molecule has 0 saturated heterocycles. The molecule has 0 heterocycles. The Hall–Kier alpha value is -1.31. The molecule has 1 rings (SSSR count). The largest absolute Gasteiger partial charge is 0.495 e. The van der Waals surface area contributed by atoms with E-state index in [-0.39, 0.29) is 0 Å². The zero-order valence-electron chi connectivity index (χ0n) is 11.1. The third-order valence-corrected chi connectivity index (χ3v) is 2.98. The topological polar surface area (TPSA) is 80.9 Å². The van der Waals surface area contributed by atoms with Gasteiger partial charge in [-0.25, -0.2) is 5.84 Å². The molecule has 0 radical (unpaired) electrons. The van der Waals surface area contributed by atoms with Crippen LogP contribution in [0.2, 0.25) is 0 Å². The van der Waals surface area contributed by atoms with Crippen molar-refractivity contribution in [2.75, 3.05) is 32.7 Å². The van der Waals surface area contributed by atoms with E-state index in [2.05, 4.69) is 31.7 Å². The number of nitrogens with two attached hydrogens (primary N) is 1. The second-order valence-corrected chi connectivity index (χ2v) is 4.55. The average Bonchev–Trinajstić information content (AvgIpc) is 2.44. The number of aliphatic imine (C=N–C) groups is 1. The average molecular weight is 331 g/mol. The molecule has 0 bridgehead atoms. The molecule has 1 aromatic carbocycles. The van der Waals surface area contributed by atoms with E-state index >= 15 is 0 Å². The van der Waals surface area contributed by atoms with Crippen LogP contribution in [0.15, 0.2) is 27.7 Å². The normalized spacial score (nSPS) is 11.3. The van der Waals surface area contributed by atoms with Crippen LogP contribution in [0.3, 0.4) is 0 Å². The van der Waals surface area contributed by atoms with E-state index in [4.69, 9.17) is 15.3 Å². The monoisotopic (exact) mass is 330 g/mol. The highest BCUT2D eigenvalue weighted by Crippen LogP contribution is 2.27. The van der Waals surface area contributed by atoms with Gasteiger partial charge in [0, 0.05) is 32.0 Å². The van der Waals surface area contributed by atoms with Crippen LogP contribution >= 0.6 is 15.9 Å². The molecular formula is C12H19BrN4O2. The maximum absolute atomic E-state index is 5.42. The lowest BCUT2D eigenvalue weighted by Crippen LogP contribution is -2.36. The van der Waals surface area contributed by atoms with Crippen molar-refractivity contribution in [3.63, 3.8) is 0 Å². The van der Waals surface area contributed by atoms with Crippen LogP contribution < -0.4 is 21.3 Å². The summed E-state index contributed by atoms with van der Waals surface area (Å²) >= 11 is 3.40. The van der Waals surface area contributed by atoms with Gasteiger partial charge >= 0.3 is 0 Å². The quantitative estimate of drug-likeness (QED) is 0.243.